The number of benzene rings is 1. The predicted octanol–water partition coefficient (Wildman–Crippen LogP) is 1.39. The van der Waals surface area contributed by atoms with E-state index in [9.17, 15) is 9.18 Å². The summed E-state index contributed by atoms with van der Waals surface area (Å²) in [5.74, 6) is -0.707. The molecule has 0 spiro atoms. The van der Waals surface area contributed by atoms with Gasteiger partial charge in [0.25, 0.3) is 5.91 Å². The first kappa shape index (κ1) is 11.1. The molecule has 0 saturated heterocycles. The highest BCUT2D eigenvalue weighted by Gasteiger charge is 2.33. The largest absolute Gasteiger partial charge is 0.334 e. The summed E-state index contributed by atoms with van der Waals surface area (Å²) >= 11 is 0. The van der Waals surface area contributed by atoms with Crippen molar-refractivity contribution in [2.24, 2.45) is 5.73 Å². The van der Waals surface area contributed by atoms with Crippen LogP contribution in [0.1, 0.15) is 23.2 Å². The highest BCUT2D eigenvalue weighted by atomic mass is 19.1. The third-order valence-corrected chi connectivity index (χ3v) is 2.72. The van der Waals surface area contributed by atoms with Gasteiger partial charge in [-0.25, -0.2) is 4.39 Å². The van der Waals surface area contributed by atoms with E-state index in [1.54, 1.807) is 17.0 Å². The Bertz CT molecular complexity index is 390. The van der Waals surface area contributed by atoms with E-state index in [0.717, 1.165) is 12.8 Å². The summed E-state index contributed by atoms with van der Waals surface area (Å²) in [7, 11) is 0. The van der Waals surface area contributed by atoms with Crippen molar-refractivity contribution in [1.29, 1.82) is 0 Å². The fraction of sp³-hybridized carbons (Fsp3) is 0.417. The summed E-state index contributed by atoms with van der Waals surface area (Å²) in [6, 6.07) is 6.33. The molecule has 0 aromatic heterocycles. The van der Waals surface area contributed by atoms with Crippen LogP contribution in [0.3, 0.4) is 0 Å². The lowest BCUT2D eigenvalue weighted by atomic mass is 10.2. The number of nitrogens with two attached hydrogens (primary N) is 1. The van der Waals surface area contributed by atoms with Crippen molar-refractivity contribution in [2.75, 3.05) is 13.1 Å². The molecular formula is C12H15FN2O. The number of amides is 1. The first-order chi connectivity index (χ1) is 7.74. The molecule has 4 heteroatoms. The van der Waals surface area contributed by atoms with Crippen molar-refractivity contribution in [3.05, 3.63) is 35.6 Å². The molecule has 2 N–H and O–H groups in total. The van der Waals surface area contributed by atoms with Gasteiger partial charge in [-0.2, -0.15) is 0 Å². The minimum absolute atomic E-state index is 0.142. The molecule has 0 aliphatic heterocycles. The Balaban J connectivity index is 2.19. The summed E-state index contributed by atoms with van der Waals surface area (Å²) in [4.78, 5) is 13.7. The molecule has 16 heavy (non-hydrogen) atoms. The van der Waals surface area contributed by atoms with E-state index in [4.69, 9.17) is 5.73 Å². The van der Waals surface area contributed by atoms with Gasteiger partial charge < -0.3 is 10.6 Å². The molecule has 1 aromatic carbocycles. The van der Waals surface area contributed by atoms with Crippen molar-refractivity contribution >= 4 is 5.91 Å². The average Bonchev–Trinajstić information content (AvgIpc) is 3.09. The first-order valence-electron chi connectivity index (χ1n) is 5.49. The van der Waals surface area contributed by atoms with Crippen LogP contribution in [0.2, 0.25) is 0 Å². The fourth-order valence-electron chi connectivity index (χ4n) is 1.76. The van der Waals surface area contributed by atoms with Crippen LogP contribution in [0.25, 0.3) is 0 Å². The summed E-state index contributed by atoms with van der Waals surface area (Å²) < 4.78 is 13.4. The van der Waals surface area contributed by atoms with Gasteiger partial charge in [-0.1, -0.05) is 12.1 Å². The molecule has 3 nitrogen and oxygen atoms in total. The topological polar surface area (TPSA) is 46.3 Å². The molecule has 1 saturated carbocycles. The van der Waals surface area contributed by atoms with E-state index >= 15 is 0 Å². The maximum absolute atomic E-state index is 13.4. The van der Waals surface area contributed by atoms with Gasteiger partial charge in [0.15, 0.2) is 0 Å². The molecular weight excluding hydrogens is 207 g/mol. The van der Waals surface area contributed by atoms with E-state index in [1.807, 2.05) is 0 Å². The molecule has 2 rings (SSSR count). The quantitative estimate of drug-likeness (QED) is 0.836. The Hall–Kier alpha value is -1.42. The van der Waals surface area contributed by atoms with E-state index in [2.05, 4.69) is 0 Å². The van der Waals surface area contributed by atoms with Crippen molar-refractivity contribution in [3.63, 3.8) is 0 Å². The molecule has 0 atom stereocenters. The molecule has 1 aliphatic rings. The second kappa shape index (κ2) is 4.61. The van der Waals surface area contributed by atoms with Gasteiger partial charge in [0.05, 0.1) is 5.56 Å². The zero-order valence-electron chi connectivity index (χ0n) is 9.03. The number of carbonyl (C=O) groups is 1. The minimum Gasteiger partial charge on any atom is -0.334 e. The zero-order valence-corrected chi connectivity index (χ0v) is 9.03. The number of hydrogen-bond donors (Lipinski definition) is 1. The van der Waals surface area contributed by atoms with Crippen LogP contribution in [0.4, 0.5) is 4.39 Å². The van der Waals surface area contributed by atoms with E-state index in [0.29, 0.717) is 13.1 Å². The highest BCUT2D eigenvalue weighted by Crippen LogP contribution is 2.28. The van der Waals surface area contributed by atoms with Crippen molar-refractivity contribution in [2.45, 2.75) is 18.9 Å². The number of hydrogen-bond acceptors (Lipinski definition) is 2. The van der Waals surface area contributed by atoms with Crippen LogP contribution in [0.15, 0.2) is 24.3 Å². The molecule has 1 aliphatic carbocycles. The van der Waals surface area contributed by atoms with Gasteiger partial charge in [0.1, 0.15) is 5.82 Å². The zero-order chi connectivity index (χ0) is 11.5. The predicted molar refractivity (Wildman–Crippen MR) is 59.5 cm³/mol. The molecule has 0 bridgehead atoms. The number of rotatable bonds is 4. The Labute approximate surface area is 94.0 Å². The van der Waals surface area contributed by atoms with E-state index in [1.165, 1.54) is 12.1 Å². The van der Waals surface area contributed by atoms with Gasteiger partial charge in [-0.3, -0.25) is 4.79 Å². The standard InChI is InChI=1S/C12H15FN2O/c13-11-4-2-1-3-10(11)12(16)15(8-7-14)9-5-6-9/h1-4,9H,5-8,14H2. The second-order valence-corrected chi connectivity index (χ2v) is 4.00. The Morgan fingerprint density at radius 3 is 2.69 bits per heavy atom. The SMILES string of the molecule is NCCN(C(=O)c1ccccc1F)C1CC1. The van der Waals surface area contributed by atoms with Gasteiger partial charge in [-0.15, -0.1) is 0 Å². The van der Waals surface area contributed by atoms with Crippen LogP contribution in [-0.4, -0.2) is 29.9 Å². The summed E-state index contributed by atoms with van der Waals surface area (Å²) in [5.41, 5.74) is 5.60. The molecule has 1 fully saturated rings. The maximum Gasteiger partial charge on any atom is 0.257 e. The molecule has 0 heterocycles. The van der Waals surface area contributed by atoms with Gasteiger partial charge in [-0.05, 0) is 25.0 Å². The first-order valence-corrected chi connectivity index (χ1v) is 5.49. The van der Waals surface area contributed by atoms with Gasteiger partial charge >= 0.3 is 0 Å². The van der Waals surface area contributed by atoms with Gasteiger partial charge in [0.2, 0.25) is 0 Å². The smallest absolute Gasteiger partial charge is 0.257 e. The lowest BCUT2D eigenvalue weighted by Crippen LogP contribution is -2.37. The van der Waals surface area contributed by atoms with Crippen LogP contribution in [0.5, 0.6) is 0 Å². The Kier molecular flexibility index (Phi) is 3.19. The summed E-state index contributed by atoms with van der Waals surface area (Å²) in [6.07, 6.45) is 2.00. The van der Waals surface area contributed by atoms with Crippen LogP contribution < -0.4 is 5.73 Å². The van der Waals surface area contributed by atoms with Crippen LogP contribution in [-0.2, 0) is 0 Å². The van der Waals surface area contributed by atoms with Crippen LogP contribution >= 0.6 is 0 Å². The molecule has 86 valence electrons. The van der Waals surface area contributed by atoms with E-state index in [-0.39, 0.29) is 17.5 Å². The highest BCUT2D eigenvalue weighted by molar-refractivity contribution is 5.94. The van der Waals surface area contributed by atoms with Crippen LogP contribution in [0, 0.1) is 5.82 Å². The average molecular weight is 222 g/mol. The van der Waals surface area contributed by atoms with Crippen molar-refractivity contribution < 1.29 is 9.18 Å². The molecule has 1 amide bonds. The normalized spacial score (nSPS) is 14.9. The minimum atomic E-state index is -0.463. The molecule has 0 radical (unpaired) electrons. The summed E-state index contributed by atoms with van der Waals surface area (Å²) in [6.45, 7) is 0.911. The number of carbonyl (C=O) groups excluding carboxylic acids is 1. The monoisotopic (exact) mass is 222 g/mol. The Morgan fingerprint density at radius 1 is 1.44 bits per heavy atom. The van der Waals surface area contributed by atoms with Gasteiger partial charge in [0, 0.05) is 19.1 Å². The van der Waals surface area contributed by atoms with E-state index < -0.39 is 5.82 Å². The number of halogens is 1. The lowest BCUT2D eigenvalue weighted by molar-refractivity contribution is 0.0743. The second-order valence-electron chi connectivity index (χ2n) is 4.00. The maximum atomic E-state index is 13.4. The molecule has 0 unspecified atom stereocenters. The number of nitrogens with zero attached hydrogens (tertiary/aromatic N) is 1. The Morgan fingerprint density at radius 2 is 2.12 bits per heavy atom. The lowest BCUT2D eigenvalue weighted by Gasteiger charge is -2.21. The third-order valence-electron chi connectivity index (χ3n) is 2.72. The molecule has 1 aromatic rings. The summed E-state index contributed by atoms with van der Waals surface area (Å²) in [5, 5.41) is 0. The van der Waals surface area contributed by atoms with Crippen molar-refractivity contribution in [1.82, 2.24) is 4.90 Å². The third kappa shape index (κ3) is 2.22. The van der Waals surface area contributed by atoms with Crippen molar-refractivity contribution in [3.8, 4) is 0 Å². The fourth-order valence-corrected chi connectivity index (χ4v) is 1.76.